The van der Waals surface area contributed by atoms with Crippen LogP contribution in [0.25, 0.3) is 0 Å². The number of methoxy groups -OCH3 is 1. The number of benzene rings is 1. The van der Waals surface area contributed by atoms with Crippen LogP contribution in [0.2, 0.25) is 5.02 Å². The van der Waals surface area contributed by atoms with Crippen molar-refractivity contribution < 1.29 is 8.95 Å². The van der Waals surface area contributed by atoms with E-state index < -0.39 is 10.8 Å². The van der Waals surface area contributed by atoms with Crippen LogP contribution in [-0.4, -0.2) is 21.1 Å². The summed E-state index contributed by atoms with van der Waals surface area (Å²) in [7, 11) is 0.242. The van der Waals surface area contributed by atoms with Crippen molar-refractivity contribution in [2.45, 2.75) is 31.0 Å². The maximum atomic E-state index is 12.6. The van der Waals surface area contributed by atoms with E-state index in [2.05, 4.69) is 5.10 Å². The number of hydrogen-bond donors (Lipinski definition) is 1. The van der Waals surface area contributed by atoms with Crippen LogP contribution >= 0.6 is 11.6 Å². The van der Waals surface area contributed by atoms with E-state index in [0.29, 0.717) is 27.9 Å². The molecule has 1 unspecified atom stereocenters. The third-order valence-electron chi connectivity index (χ3n) is 3.15. The third-order valence-corrected chi connectivity index (χ3v) is 5.01. The molecule has 0 radical (unpaired) electrons. The van der Waals surface area contributed by atoms with Gasteiger partial charge in [0.1, 0.15) is 5.75 Å². The molecule has 0 bridgehead atoms. The smallest absolute Gasteiger partial charge is 0.137 e. The molecule has 5 nitrogen and oxygen atoms in total. The minimum Gasteiger partial charge on any atom is -0.495 e. The quantitative estimate of drug-likeness (QED) is 0.857. The second-order valence-electron chi connectivity index (χ2n) is 4.56. The van der Waals surface area contributed by atoms with E-state index in [1.807, 2.05) is 13.8 Å². The van der Waals surface area contributed by atoms with Gasteiger partial charge in [0.2, 0.25) is 0 Å². The Morgan fingerprint density at radius 1 is 1.48 bits per heavy atom. The standard InChI is InChI=1S/C14H18ClN3O2S/c1-4-18-11(14(15)9(2)17-18)8-21(19)13-6-5-10(16)7-12(13)20-3/h5-7H,4,8,16H2,1-3H3. The van der Waals surface area contributed by atoms with E-state index in [9.17, 15) is 4.21 Å². The Balaban J connectivity index is 2.35. The molecule has 1 aromatic heterocycles. The van der Waals surface area contributed by atoms with Crippen LogP contribution in [-0.2, 0) is 23.1 Å². The number of nitrogens with zero attached hydrogens (tertiary/aromatic N) is 2. The van der Waals surface area contributed by atoms with Crippen molar-refractivity contribution in [3.05, 3.63) is 34.6 Å². The Bertz CT molecular complexity index is 685. The van der Waals surface area contributed by atoms with Gasteiger partial charge in [0, 0.05) is 18.3 Å². The SMILES string of the molecule is CCn1nc(C)c(Cl)c1CS(=O)c1ccc(N)cc1OC. The van der Waals surface area contributed by atoms with E-state index >= 15 is 0 Å². The molecule has 2 rings (SSSR count). The molecule has 0 spiro atoms. The van der Waals surface area contributed by atoms with Gasteiger partial charge >= 0.3 is 0 Å². The Labute approximate surface area is 131 Å². The number of rotatable bonds is 5. The van der Waals surface area contributed by atoms with E-state index in [1.165, 1.54) is 7.11 Å². The van der Waals surface area contributed by atoms with Crippen molar-refractivity contribution in [3.63, 3.8) is 0 Å². The summed E-state index contributed by atoms with van der Waals surface area (Å²) in [5.74, 6) is 0.803. The molecule has 1 atom stereocenters. The van der Waals surface area contributed by atoms with E-state index in [-0.39, 0.29) is 5.75 Å². The van der Waals surface area contributed by atoms with Crippen LogP contribution in [0.5, 0.6) is 5.75 Å². The third kappa shape index (κ3) is 3.22. The van der Waals surface area contributed by atoms with E-state index in [4.69, 9.17) is 22.1 Å². The fourth-order valence-electron chi connectivity index (χ4n) is 2.08. The largest absolute Gasteiger partial charge is 0.495 e. The minimum atomic E-state index is -1.29. The molecule has 0 fully saturated rings. The number of nitrogen functional groups attached to an aromatic ring is 1. The second kappa shape index (κ2) is 6.49. The van der Waals surface area contributed by atoms with Gasteiger partial charge in [-0.25, -0.2) is 0 Å². The number of ether oxygens (including phenoxy) is 1. The lowest BCUT2D eigenvalue weighted by Gasteiger charge is -2.10. The van der Waals surface area contributed by atoms with Gasteiger partial charge in [-0.05, 0) is 26.0 Å². The monoisotopic (exact) mass is 327 g/mol. The lowest BCUT2D eigenvalue weighted by molar-refractivity contribution is 0.404. The summed E-state index contributed by atoms with van der Waals surface area (Å²) in [6, 6.07) is 5.09. The summed E-state index contributed by atoms with van der Waals surface area (Å²) in [5.41, 5.74) is 7.80. The number of hydrogen-bond acceptors (Lipinski definition) is 4. The predicted molar refractivity (Wildman–Crippen MR) is 85.2 cm³/mol. The molecule has 2 aromatic rings. The summed E-state index contributed by atoms with van der Waals surface area (Å²) in [6.07, 6.45) is 0. The molecule has 114 valence electrons. The topological polar surface area (TPSA) is 70.1 Å². The van der Waals surface area contributed by atoms with Gasteiger partial charge in [0.05, 0.1) is 45.0 Å². The number of aryl methyl sites for hydroxylation is 2. The Kier molecular flexibility index (Phi) is 4.90. The zero-order valence-corrected chi connectivity index (χ0v) is 13.8. The number of aromatic nitrogens is 2. The van der Waals surface area contributed by atoms with Gasteiger partial charge in [-0.2, -0.15) is 5.10 Å². The molecular weight excluding hydrogens is 310 g/mol. The van der Waals surface area contributed by atoms with Crippen molar-refractivity contribution >= 4 is 28.1 Å². The Morgan fingerprint density at radius 3 is 2.81 bits per heavy atom. The number of nitrogens with two attached hydrogens (primary N) is 1. The molecule has 0 aliphatic rings. The van der Waals surface area contributed by atoms with Crippen molar-refractivity contribution in [1.82, 2.24) is 9.78 Å². The highest BCUT2D eigenvalue weighted by atomic mass is 35.5. The summed E-state index contributed by atoms with van der Waals surface area (Å²) in [6.45, 7) is 4.49. The molecule has 0 aliphatic carbocycles. The number of anilines is 1. The van der Waals surface area contributed by atoms with Gasteiger partial charge in [0.25, 0.3) is 0 Å². The van der Waals surface area contributed by atoms with Crippen molar-refractivity contribution in [2.75, 3.05) is 12.8 Å². The summed E-state index contributed by atoms with van der Waals surface area (Å²) < 4.78 is 19.7. The molecule has 0 saturated heterocycles. The van der Waals surface area contributed by atoms with Crippen molar-refractivity contribution in [1.29, 1.82) is 0 Å². The van der Waals surface area contributed by atoms with Crippen LogP contribution in [0.1, 0.15) is 18.3 Å². The van der Waals surface area contributed by atoms with Crippen LogP contribution in [0.3, 0.4) is 0 Å². The highest BCUT2D eigenvalue weighted by Crippen LogP contribution is 2.28. The second-order valence-corrected chi connectivity index (χ2v) is 6.36. The maximum Gasteiger partial charge on any atom is 0.137 e. The molecule has 7 heteroatoms. The first kappa shape index (κ1) is 15.9. The Morgan fingerprint density at radius 2 is 2.19 bits per heavy atom. The molecule has 1 heterocycles. The average molecular weight is 328 g/mol. The zero-order valence-electron chi connectivity index (χ0n) is 12.2. The molecule has 21 heavy (non-hydrogen) atoms. The molecule has 2 N–H and O–H groups in total. The Hall–Kier alpha value is -1.53. The van der Waals surface area contributed by atoms with Crippen molar-refractivity contribution in [3.8, 4) is 5.75 Å². The zero-order chi connectivity index (χ0) is 15.6. The highest BCUT2D eigenvalue weighted by molar-refractivity contribution is 7.84. The summed E-state index contributed by atoms with van der Waals surface area (Å²) in [5, 5.41) is 4.90. The molecule has 0 aliphatic heterocycles. The van der Waals surface area contributed by atoms with Crippen LogP contribution in [0.15, 0.2) is 23.1 Å². The van der Waals surface area contributed by atoms with Crippen LogP contribution in [0.4, 0.5) is 5.69 Å². The minimum absolute atomic E-state index is 0.286. The van der Waals surface area contributed by atoms with Gasteiger partial charge < -0.3 is 10.5 Å². The van der Waals surface area contributed by atoms with Crippen LogP contribution < -0.4 is 10.5 Å². The molecule has 0 saturated carbocycles. The predicted octanol–water partition coefficient (Wildman–Crippen LogP) is 2.76. The highest BCUT2D eigenvalue weighted by Gasteiger charge is 2.18. The first-order valence-corrected chi connectivity index (χ1v) is 8.21. The van der Waals surface area contributed by atoms with Gasteiger partial charge in [0.15, 0.2) is 0 Å². The van der Waals surface area contributed by atoms with Gasteiger partial charge in [-0.3, -0.25) is 8.89 Å². The lowest BCUT2D eigenvalue weighted by atomic mass is 10.3. The molecular formula is C14H18ClN3O2S. The summed E-state index contributed by atoms with van der Waals surface area (Å²) in [4.78, 5) is 0.601. The first-order valence-electron chi connectivity index (χ1n) is 6.51. The molecule has 0 amide bonds. The van der Waals surface area contributed by atoms with E-state index in [0.717, 1.165) is 11.4 Å². The van der Waals surface area contributed by atoms with E-state index in [1.54, 1.807) is 22.9 Å². The fourth-order valence-corrected chi connectivity index (χ4v) is 3.65. The summed E-state index contributed by atoms with van der Waals surface area (Å²) >= 11 is 6.25. The average Bonchev–Trinajstić information content (AvgIpc) is 2.74. The van der Waals surface area contributed by atoms with Gasteiger partial charge in [-0.1, -0.05) is 11.6 Å². The fraction of sp³-hybridized carbons (Fsp3) is 0.357. The molecule has 1 aromatic carbocycles. The first-order chi connectivity index (χ1) is 9.97. The van der Waals surface area contributed by atoms with Gasteiger partial charge in [-0.15, -0.1) is 0 Å². The maximum absolute atomic E-state index is 12.6. The number of halogens is 1. The van der Waals surface area contributed by atoms with Crippen molar-refractivity contribution in [2.24, 2.45) is 0 Å². The lowest BCUT2D eigenvalue weighted by Crippen LogP contribution is -2.07. The normalized spacial score (nSPS) is 12.4. The van der Waals surface area contributed by atoms with Crippen LogP contribution in [0, 0.1) is 6.92 Å².